The summed E-state index contributed by atoms with van der Waals surface area (Å²) in [6.45, 7) is 9.02. The van der Waals surface area contributed by atoms with E-state index in [9.17, 15) is 5.11 Å². The van der Waals surface area contributed by atoms with Gasteiger partial charge in [0.05, 0.1) is 31.5 Å². The van der Waals surface area contributed by atoms with Crippen molar-refractivity contribution in [1.29, 1.82) is 0 Å². The highest BCUT2D eigenvalue weighted by molar-refractivity contribution is 5.65. The van der Waals surface area contributed by atoms with Gasteiger partial charge >= 0.3 is 0 Å². The van der Waals surface area contributed by atoms with Gasteiger partial charge < -0.3 is 19.5 Å². The number of piperazine rings is 1. The predicted octanol–water partition coefficient (Wildman–Crippen LogP) is 2.09. The van der Waals surface area contributed by atoms with Crippen LogP contribution in [-0.4, -0.2) is 78.6 Å². The van der Waals surface area contributed by atoms with Crippen LogP contribution in [0.15, 0.2) is 30.3 Å². The van der Waals surface area contributed by atoms with Gasteiger partial charge in [0.1, 0.15) is 11.6 Å². The number of aromatic nitrogens is 2. The fraction of sp³-hybridized carbons (Fsp3) is 0.524. The van der Waals surface area contributed by atoms with Crippen LogP contribution >= 0.6 is 0 Å². The Labute approximate surface area is 165 Å². The van der Waals surface area contributed by atoms with Crippen molar-refractivity contribution in [2.24, 2.45) is 0 Å². The molecule has 1 aromatic carbocycles. The van der Waals surface area contributed by atoms with Gasteiger partial charge in [-0.15, -0.1) is 0 Å². The molecule has 1 unspecified atom stereocenters. The molecule has 150 valence electrons. The van der Waals surface area contributed by atoms with Crippen molar-refractivity contribution in [3.8, 4) is 17.1 Å². The van der Waals surface area contributed by atoms with Gasteiger partial charge in [0.2, 0.25) is 0 Å². The number of ether oxygens (including phenoxy) is 2. The molecule has 2 fully saturated rings. The quantitative estimate of drug-likeness (QED) is 0.846. The number of aryl methyl sites for hydroxylation is 1. The lowest BCUT2D eigenvalue weighted by atomic mass is 10.2. The molecule has 0 amide bonds. The summed E-state index contributed by atoms with van der Waals surface area (Å²) in [4.78, 5) is 14.0. The lowest BCUT2D eigenvalue weighted by Crippen LogP contribution is -2.47. The minimum atomic E-state index is 0.206. The van der Waals surface area contributed by atoms with Crippen LogP contribution < -0.4 is 4.90 Å². The molecule has 2 aliphatic heterocycles. The van der Waals surface area contributed by atoms with E-state index in [1.807, 2.05) is 25.1 Å². The second kappa shape index (κ2) is 8.86. The van der Waals surface area contributed by atoms with Gasteiger partial charge in [-0.05, 0) is 25.5 Å². The molecule has 7 nitrogen and oxygen atoms in total. The van der Waals surface area contributed by atoms with Crippen molar-refractivity contribution < 1.29 is 14.6 Å². The third-order valence-electron chi connectivity index (χ3n) is 5.33. The number of hydrogen-bond acceptors (Lipinski definition) is 7. The molecule has 2 aliphatic rings. The number of phenols is 1. The summed E-state index contributed by atoms with van der Waals surface area (Å²) in [7, 11) is 0. The molecular weight excluding hydrogens is 356 g/mol. The average molecular weight is 384 g/mol. The van der Waals surface area contributed by atoms with E-state index in [1.54, 1.807) is 12.1 Å². The molecule has 7 heteroatoms. The van der Waals surface area contributed by atoms with Gasteiger partial charge in [0.15, 0.2) is 5.82 Å². The molecule has 4 rings (SSSR count). The minimum Gasteiger partial charge on any atom is -0.507 e. The second-order valence-electron chi connectivity index (χ2n) is 7.39. The van der Waals surface area contributed by atoms with Crippen molar-refractivity contribution in [2.45, 2.75) is 19.4 Å². The number of anilines is 1. The summed E-state index contributed by atoms with van der Waals surface area (Å²) in [5.74, 6) is 1.71. The van der Waals surface area contributed by atoms with Crippen LogP contribution in [0.3, 0.4) is 0 Å². The first-order valence-corrected chi connectivity index (χ1v) is 10.00. The van der Waals surface area contributed by atoms with Crippen LogP contribution in [0.1, 0.15) is 12.1 Å². The predicted molar refractivity (Wildman–Crippen MR) is 108 cm³/mol. The molecule has 1 aromatic heterocycles. The van der Waals surface area contributed by atoms with Gasteiger partial charge in [-0.2, -0.15) is 0 Å². The highest BCUT2D eigenvalue weighted by Crippen LogP contribution is 2.28. The van der Waals surface area contributed by atoms with Crippen molar-refractivity contribution in [3.63, 3.8) is 0 Å². The number of phenolic OH excluding ortho intramolecular Hbond substituents is 1. The molecule has 28 heavy (non-hydrogen) atoms. The molecule has 2 aromatic rings. The minimum absolute atomic E-state index is 0.206. The van der Waals surface area contributed by atoms with Gasteiger partial charge in [0, 0.05) is 44.5 Å². The standard InChI is InChI=1S/C21H28N4O3/c1-16-14-20(23-21(22-16)18-4-2-3-5-19(18)26)25-10-8-24(9-11-25)7-6-17-15-27-12-13-28-17/h2-5,14,17,26H,6-13,15H2,1H3. The van der Waals surface area contributed by atoms with Gasteiger partial charge in [-0.3, -0.25) is 4.90 Å². The third kappa shape index (κ3) is 4.60. The lowest BCUT2D eigenvalue weighted by molar-refractivity contribution is -0.0927. The summed E-state index contributed by atoms with van der Waals surface area (Å²) in [6, 6.07) is 9.23. The Morgan fingerprint density at radius 3 is 2.68 bits per heavy atom. The molecule has 0 aliphatic carbocycles. The molecule has 0 radical (unpaired) electrons. The molecule has 1 atom stereocenters. The Morgan fingerprint density at radius 1 is 1.11 bits per heavy atom. The number of rotatable bonds is 5. The van der Waals surface area contributed by atoms with E-state index < -0.39 is 0 Å². The van der Waals surface area contributed by atoms with Gasteiger partial charge in [-0.25, -0.2) is 9.97 Å². The van der Waals surface area contributed by atoms with E-state index >= 15 is 0 Å². The monoisotopic (exact) mass is 384 g/mol. The highest BCUT2D eigenvalue weighted by atomic mass is 16.6. The third-order valence-corrected chi connectivity index (χ3v) is 5.33. The van der Waals surface area contributed by atoms with Crippen LogP contribution in [0.4, 0.5) is 5.82 Å². The summed E-state index contributed by atoms with van der Waals surface area (Å²) in [5.41, 5.74) is 1.57. The fourth-order valence-electron chi connectivity index (χ4n) is 3.73. The molecule has 1 N–H and O–H groups in total. The highest BCUT2D eigenvalue weighted by Gasteiger charge is 2.21. The fourth-order valence-corrected chi connectivity index (χ4v) is 3.73. The van der Waals surface area contributed by atoms with Crippen LogP contribution in [0.5, 0.6) is 5.75 Å². The summed E-state index contributed by atoms with van der Waals surface area (Å²) in [6.07, 6.45) is 1.25. The maximum absolute atomic E-state index is 10.1. The molecule has 0 bridgehead atoms. The summed E-state index contributed by atoms with van der Waals surface area (Å²) in [5, 5.41) is 10.1. The van der Waals surface area contributed by atoms with Crippen molar-refractivity contribution in [3.05, 3.63) is 36.0 Å². The Morgan fingerprint density at radius 2 is 1.93 bits per heavy atom. The maximum Gasteiger partial charge on any atom is 0.165 e. The van der Waals surface area contributed by atoms with E-state index in [-0.39, 0.29) is 11.9 Å². The summed E-state index contributed by atoms with van der Waals surface area (Å²) < 4.78 is 11.2. The lowest BCUT2D eigenvalue weighted by Gasteiger charge is -2.36. The zero-order chi connectivity index (χ0) is 19.3. The normalized spacial score (nSPS) is 21.0. The molecule has 2 saturated heterocycles. The van der Waals surface area contributed by atoms with Crippen molar-refractivity contribution >= 4 is 5.82 Å². The zero-order valence-corrected chi connectivity index (χ0v) is 16.4. The Bertz CT molecular complexity index is 787. The number of hydrogen-bond donors (Lipinski definition) is 1. The number of nitrogens with zero attached hydrogens (tertiary/aromatic N) is 4. The number of para-hydroxylation sites is 1. The van der Waals surface area contributed by atoms with E-state index in [1.165, 1.54) is 0 Å². The van der Waals surface area contributed by atoms with Gasteiger partial charge in [-0.1, -0.05) is 12.1 Å². The first-order valence-electron chi connectivity index (χ1n) is 10.00. The summed E-state index contributed by atoms with van der Waals surface area (Å²) >= 11 is 0. The topological polar surface area (TPSA) is 71.0 Å². The smallest absolute Gasteiger partial charge is 0.165 e. The molecule has 0 spiro atoms. The van der Waals surface area contributed by atoms with Crippen LogP contribution in [0, 0.1) is 6.92 Å². The van der Waals surface area contributed by atoms with Crippen molar-refractivity contribution in [1.82, 2.24) is 14.9 Å². The first-order chi connectivity index (χ1) is 13.7. The zero-order valence-electron chi connectivity index (χ0n) is 16.4. The average Bonchev–Trinajstić information content (AvgIpc) is 2.73. The Kier molecular flexibility index (Phi) is 6.04. The van der Waals surface area contributed by atoms with Crippen LogP contribution in [-0.2, 0) is 9.47 Å². The number of benzene rings is 1. The largest absolute Gasteiger partial charge is 0.507 e. The second-order valence-corrected chi connectivity index (χ2v) is 7.39. The molecular formula is C21H28N4O3. The van der Waals surface area contributed by atoms with E-state index in [2.05, 4.69) is 14.8 Å². The van der Waals surface area contributed by atoms with E-state index in [4.69, 9.17) is 14.5 Å². The Balaban J connectivity index is 1.37. The van der Waals surface area contributed by atoms with Crippen LogP contribution in [0.25, 0.3) is 11.4 Å². The molecule has 0 saturated carbocycles. The number of aromatic hydroxyl groups is 1. The van der Waals surface area contributed by atoms with Crippen molar-refractivity contribution in [2.75, 3.05) is 57.4 Å². The van der Waals surface area contributed by atoms with E-state index in [0.29, 0.717) is 18.0 Å². The van der Waals surface area contributed by atoms with Gasteiger partial charge in [0.25, 0.3) is 0 Å². The SMILES string of the molecule is Cc1cc(N2CCN(CCC3COCCO3)CC2)nc(-c2ccccc2O)n1. The van der Waals surface area contributed by atoms with E-state index in [0.717, 1.165) is 63.9 Å². The Hall–Kier alpha value is -2.22. The maximum atomic E-state index is 10.1. The molecule has 3 heterocycles. The van der Waals surface area contributed by atoms with Crippen LogP contribution in [0.2, 0.25) is 0 Å². The first kappa shape index (κ1) is 19.1.